The Kier molecular flexibility index (Phi) is 4.29. The normalized spacial score (nSPS) is 14.2. The molecule has 1 amide bonds. The van der Waals surface area contributed by atoms with Gasteiger partial charge in [0.15, 0.2) is 0 Å². The van der Waals surface area contributed by atoms with Crippen molar-refractivity contribution in [3.05, 3.63) is 24.0 Å². The number of amides is 1. The summed E-state index contributed by atoms with van der Waals surface area (Å²) in [5, 5.41) is 13.0. The number of hydrogen-bond acceptors (Lipinski definition) is 3. The van der Waals surface area contributed by atoms with Gasteiger partial charge >= 0.3 is 0 Å². The van der Waals surface area contributed by atoms with E-state index < -0.39 is 0 Å². The molecule has 0 aliphatic rings. The number of pyridine rings is 1. The highest BCUT2D eigenvalue weighted by Gasteiger charge is 2.24. The van der Waals surface area contributed by atoms with E-state index in [0.29, 0.717) is 5.33 Å². The lowest BCUT2D eigenvalue weighted by atomic mass is 10.0. The highest BCUT2D eigenvalue weighted by atomic mass is 79.9. The highest BCUT2D eigenvalue weighted by molar-refractivity contribution is 9.09. The van der Waals surface area contributed by atoms with Crippen molar-refractivity contribution < 1.29 is 9.90 Å². The molecule has 4 nitrogen and oxygen atoms in total. The maximum Gasteiger partial charge on any atom is 0.255 e. The van der Waals surface area contributed by atoms with Crippen LogP contribution in [0.15, 0.2) is 18.5 Å². The molecule has 0 radical (unpaired) electrons. The Bertz CT molecular complexity index is 378. The summed E-state index contributed by atoms with van der Waals surface area (Å²) in [6, 6.07) is 1.50. The molecule has 1 rings (SSSR count). The van der Waals surface area contributed by atoms with E-state index in [9.17, 15) is 9.90 Å². The van der Waals surface area contributed by atoms with Crippen molar-refractivity contribution >= 4 is 21.8 Å². The van der Waals surface area contributed by atoms with Crippen LogP contribution in [0.2, 0.25) is 0 Å². The summed E-state index contributed by atoms with van der Waals surface area (Å²) >= 11 is 3.36. The quantitative estimate of drug-likeness (QED) is 0.833. The summed E-state index contributed by atoms with van der Waals surface area (Å²) in [5.74, 6) is -0.392. The summed E-state index contributed by atoms with van der Waals surface area (Å²) in [4.78, 5) is 15.6. The van der Waals surface area contributed by atoms with E-state index in [2.05, 4.69) is 26.2 Å². The third-order valence-electron chi connectivity index (χ3n) is 2.54. The SMILES string of the molecule is CCC(C)(CBr)NC(=O)c1ccncc1O. The van der Waals surface area contributed by atoms with Crippen LogP contribution in [0.4, 0.5) is 0 Å². The van der Waals surface area contributed by atoms with E-state index in [-0.39, 0.29) is 22.8 Å². The van der Waals surface area contributed by atoms with Crippen LogP contribution in [0, 0.1) is 0 Å². The number of alkyl halides is 1. The van der Waals surface area contributed by atoms with Gasteiger partial charge in [-0.25, -0.2) is 0 Å². The van der Waals surface area contributed by atoms with Crippen LogP contribution in [0.25, 0.3) is 0 Å². The monoisotopic (exact) mass is 286 g/mol. The molecule has 1 aromatic heterocycles. The van der Waals surface area contributed by atoms with Crippen LogP contribution >= 0.6 is 15.9 Å². The lowest BCUT2D eigenvalue weighted by molar-refractivity contribution is 0.0910. The van der Waals surface area contributed by atoms with Gasteiger partial charge in [-0.3, -0.25) is 9.78 Å². The summed E-state index contributed by atoms with van der Waals surface area (Å²) in [5.41, 5.74) is -0.0668. The number of rotatable bonds is 4. The lowest BCUT2D eigenvalue weighted by Crippen LogP contribution is -2.46. The molecule has 0 saturated carbocycles. The van der Waals surface area contributed by atoms with Gasteiger partial charge < -0.3 is 10.4 Å². The number of aromatic nitrogens is 1. The van der Waals surface area contributed by atoms with Crippen molar-refractivity contribution in [1.29, 1.82) is 0 Å². The van der Waals surface area contributed by atoms with E-state index in [1.54, 1.807) is 0 Å². The van der Waals surface area contributed by atoms with E-state index in [1.807, 2.05) is 13.8 Å². The minimum Gasteiger partial charge on any atom is -0.505 e. The van der Waals surface area contributed by atoms with Gasteiger partial charge in [0, 0.05) is 17.1 Å². The van der Waals surface area contributed by atoms with E-state index in [0.717, 1.165) is 6.42 Å². The van der Waals surface area contributed by atoms with Gasteiger partial charge in [0.1, 0.15) is 5.75 Å². The van der Waals surface area contributed by atoms with Gasteiger partial charge in [-0.1, -0.05) is 22.9 Å². The molecule has 0 aliphatic carbocycles. The van der Waals surface area contributed by atoms with Crippen molar-refractivity contribution in [2.75, 3.05) is 5.33 Å². The van der Waals surface area contributed by atoms with Gasteiger partial charge in [0.2, 0.25) is 0 Å². The van der Waals surface area contributed by atoms with Crippen molar-refractivity contribution in [3.8, 4) is 5.75 Å². The zero-order chi connectivity index (χ0) is 12.2. The summed E-state index contributed by atoms with van der Waals surface area (Å²) < 4.78 is 0. The fraction of sp³-hybridized carbons (Fsp3) is 0.455. The van der Waals surface area contributed by atoms with Crippen molar-refractivity contribution in [3.63, 3.8) is 0 Å². The number of nitrogens with one attached hydrogen (secondary N) is 1. The van der Waals surface area contributed by atoms with E-state index >= 15 is 0 Å². The predicted molar refractivity (Wildman–Crippen MR) is 65.9 cm³/mol. The largest absolute Gasteiger partial charge is 0.505 e. The van der Waals surface area contributed by atoms with Crippen LogP contribution in [0.1, 0.15) is 30.6 Å². The smallest absolute Gasteiger partial charge is 0.255 e. The average molecular weight is 287 g/mol. The first-order chi connectivity index (χ1) is 7.52. The molecule has 1 aromatic rings. The topological polar surface area (TPSA) is 62.2 Å². The third-order valence-corrected chi connectivity index (χ3v) is 3.77. The Hall–Kier alpha value is -1.10. The summed E-state index contributed by atoms with van der Waals surface area (Å²) in [6.45, 7) is 3.94. The molecule has 0 aliphatic heterocycles. The summed E-state index contributed by atoms with van der Waals surface area (Å²) in [6.07, 6.45) is 3.54. The van der Waals surface area contributed by atoms with Crippen molar-refractivity contribution in [2.45, 2.75) is 25.8 Å². The Morgan fingerprint density at radius 3 is 2.88 bits per heavy atom. The zero-order valence-corrected chi connectivity index (χ0v) is 10.9. The van der Waals surface area contributed by atoms with Crippen LogP contribution in [0.3, 0.4) is 0 Å². The fourth-order valence-electron chi connectivity index (χ4n) is 1.14. The first-order valence-electron chi connectivity index (χ1n) is 5.04. The molecule has 0 spiro atoms. The number of carbonyl (C=O) groups is 1. The van der Waals surface area contributed by atoms with Crippen LogP contribution < -0.4 is 5.32 Å². The second kappa shape index (κ2) is 5.30. The third kappa shape index (κ3) is 2.95. The highest BCUT2D eigenvalue weighted by Crippen LogP contribution is 2.17. The number of nitrogens with zero attached hydrogens (tertiary/aromatic N) is 1. The van der Waals surface area contributed by atoms with Gasteiger partial charge in [-0.15, -0.1) is 0 Å². The van der Waals surface area contributed by atoms with Gasteiger partial charge in [0.05, 0.1) is 11.8 Å². The minimum absolute atomic E-state index is 0.104. The van der Waals surface area contributed by atoms with E-state index in [1.165, 1.54) is 18.5 Å². The fourth-order valence-corrected chi connectivity index (χ4v) is 1.67. The molecule has 1 atom stereocenters. The minimum atomic E-state index is -0.313. The van der Waals surface area contributed by atoms with Gasteiger partial charge in [-0.05, 0) is 19.4 Å². The Balaban J connectivity index is 2.84. The van der Waals surface area contributed by atoms with Gasteiger partial charge in [0.25, 0.3) is 5.91 Å². The molecule has 5 heteroatoms. The van der Waals surface area contributed by atoms with Crippen molar-refractivity contribution in [2.24, 2.45) is 0 Å². The number of aromatic hydroxyl groups is 1. The standard InChI is InChI=1S/C11H15BrN2O2/c1-3-11(2,7-12)14-10(16)8-4-5-13-6-9(8)15/h4-6,15H,3,7H2,1-2H3,(H,14,16). The predicted octanol–water partition coefficient (Wildman–Crippen LogP) is 2.08. The molecular weight excluding hydrogens is 272 g/mol. The van der Waals surface area contributed by atoms with Gasteiger partial charge in [-0.2, -0.15) is 0 Å². The maximum absolute atomic E-state index is 11.9. The average Bonchev–Trinajstić information content (AvgIpc) is 2.29. The molecular formula is C11H15BrN2O2. The first-order valence-corrected chi connectivity index (χ1v) is 6.16. The van der Waals surface area contributed by atoms with E-state index in [4.69, 9.17) is 0 Å². The molecule has 16 heavy (non-hydrogen) atoms. The molecule has 0 bridgehead atoms. The maximum atomic E-state index is 11.9. The zero-order valence-electron chi connectivity index (χ0n) is 9.33. The number of hydrogen-bond donors (Lipinski definition) is 2. The van der Waals surface area contributed by atoms with Crippen molar-refractivity contribution in [1.82, 2.24) is 10.3 Å². The van der Waals surface area contributed by atoms with Crippen LogP contribution in [0.5, 0.6) is 5.75 Å². The number of carbonyl (C=O) groups excluding carboxylic acids is 1. The second-order valence-electron chi connectivity index (χ2n) is 3.89. The van der Waals surface area contributed by atoms with Crippen LogP contribution in [-0.4, -0.2) is 26.9 Å². The first kappa shape index (κ1) is 13.0. The Morgan fingerprint density at radius 2 is 2.38 bits per heavy atom. The second-order valence-corrected chi connectivity index (χ2v) is 4.46. The number of halogens is 1. The molecule has 0 aromatic carbocycles. The Labute approximate surface area is 103 Å². The molecule has 1 unspecified atom stereocenters. The summed E-state index contributed by atoms with van der Waals surface area (Å²) in [7, 11) is 0. The molecule has 0 fully saturated rings. The van der Waals surface area contributed by atoms with Crippen LogP contribution in [-0.2, 0) is 0 Å². The molecule has 88 valence electrons. The lowest BCUT2D eigenvalue weighted by Gasteiger charge is -2.27. The Morgan fingerprint density at radius 1 is 1.69 bits per heavy atom. The molecule has 1 heterocycles. The molecule has 0 saturated heterocycles. The molecule has 2 N–H and O–H groups in total.